The van der Waals surface area contributed by atoms with Crippen LogP contribution in [0, 0.1) is 5.82 Å². The Kier molecular flexibility index (Phi) is 6.32. The molecule has 0 aromatic heterocycles. The van der Waals surface area contributed by atoms with Crippen LogP contribution >= 0.6 is 24.0 Å². The molecule has 0 amide bonds. The minimum absolute atomic E-state index is 0. The Morgan fingerprint density at radius 2 is 1.95 bits per heavy atom. The van der Waals surface area contributed by atoms with Gasteiger partial charge in [0.1, 0.15) is 5.82 Å². The van der Waals surface area contributed by atoms with Crippen molar-refractivity contribution in [2.24, 2.45) is 5.73 Å². The molecule has 1 nitrogen and oxygen atoms in total. The van der Waals surface area contributed by atoms with Crippen LogP contribution < -0.4 is 5.73 Å². The number of benzene rings is 1. The molecule has 1 aromatic carbocycles. The number of halogens is 6. The SMILES string of the molecule is C=C(C)C[C@@H](N)c1c(C(F)(F)F)ccc(Cl)c1F.Cl. The lowest BCUT2D eigenvalue weighted by Crippen LogP contribution is -2.19. The van der Waals surface area contributed by atoms with Gasteiger partial charge in [-0.15, -0.1) is 19.0 Å². The summed E-state index contributed by atoms with van der Waals surface area (Å²) in [4.78, 5) is 0. The molecule has 1 atom stereocenters. The third kappa shape index (κ3) is 4.37. The van der Waals surface area contributed by atoms with E-state index in [1.807, 2.05) is 0 Å². The van der Waals surface area contributed by atoms with Crippen molar-refractivity contribution in [3.05, 3.63) is 46.3 Å². The Hall–Kier alpha value is -0.780. The predicted octanol–water partition coefficient (Wildman–Crippen LogP) is 4.89. The minimum atomic E-state index is -4.67. The first-order valence-electron chi connectivity index (χ1n) is 5.09. The van der Waals surface area contributed by atoms with E-state index < -0.39 is 29.2 Å². The fraction of sp³-hybridized carbons (Fsp3) is 0.333. The molecule has 0 heterocycles. The molecule has 108 valence electrons. The average molecular weight is 318 g/mol. The van der Waals surface area contributed by atoms with Crippen molar-refractivity contribution in [2.75, 3.05) is 0 Å². The highest BCUT2D eigenvalue weighted by Crippen LogP contribution is 2.38. The van der Waals surface area contributed by atoms with Gasteiger partial charge in [0.25, 0.3) is 0 Å². The van der Waals surface area contributed by atoms with E-state index in [4.69, 9.17) is 17.3 Å². The molecule has 1 rings (SSSR count). The van der Waals surface area contributed by atoms with Crippen molar-refractivity contribution in [2.45, 2.75) is 25.6 Å². The zero-order valence-electron chi connectivity index (χ0n) is 10.0. The summed E-state index contributed by atoms with van der Waals surface area (Å²) in [7, 11) is 0. The quantitative estimate of drug-likeness (QED) is 0.623. The molecule has 0 fully saturated rings. The topological polar surface area (TPSA) is 26.0 Å². The first-order valence-corrected chi connectivity index (χ1v) is 5.47. The Morgan fingerprint density at radius 3 is 2.37 bits per heavy atom. The number of hydrogen-bond donors (Lipinski definition) is 1. The van der Waals surface area contributed by atoms with Crippen molar-refractivity contribution in [1.29, 1.82) is 0 Å². The van der Waals surface area contributed by atoms with Crippen LogP contribution in [0.2, 0.25) is 5.02 Å². The second kappa shape index (κ2) is 6.59. The lowest BCUT2D eigenvalue weighted by atomic mass is 9.95. The summed E-state index contributed by atoms with van der Waals surface area (Å²) in [6, 6.07) is 0.480. The van der Waals surface area contributed by atoms with Gasteiger partial charge in [-0.1, -0.05) is 17.2 Å². The maximum atomic E-state index is 13.8. The number of hydrogen-bond acceptors (Lipinski definition) is 1. The van der Waals surface area contributed by atoms with E-state index in [1.165, 1.54) is 0 Å². The lowest BCUT2D eigenvalue weighted by molar-refractivity contribution is -0.138. The Bertz CT molecular complexity index is 472. The molecule has 1 aromatic rings. The summed E-state index contributed by atoms with van der Waals surface area (Å²) in [5.41, 5.74) is 4.46. The Balaban J connectivity index is 0.00000324. The van der Waals surface area contributed by atoms with E-state index >= 15 is 0 Å². The lowest BCUT2D eigenvalue weighted by Gasteiger charge is -2.19. The van der Waals surface area contributed by atoms with Crippen molar-refractivity contribution < 1.29 is 17.6 Å². The fourth-order valence-corrected chi connectivity index (χ4v) is 1.82. The summed E-state index contributed by atoms with van der Waals surface area (Å²) in [5, 5.41) is -0.379. The van der Waals surface area contributed by atoms with Gasteiger partial charge in [-0.25, -0.2) is 4.39 Å². The third-order valence-corrected chi connectivity index (χ3v) is 2.67. The minimum Gasteiger partial charge on any atom is -0.324 e. The number of rotatable bonds is 3. The molecular weight excluding hydrogens is 305 g/mol. The van der Waals surface area contributed by atoms with Crippen molar-refractivity contribution in [1.82, 2.24) is 0 Å². The van der Waals surface area contributed by atoms with E-state index in [1.54, 1.807) is 6.92 Å². The first-order chi connectivity index (χ1) is 8.14. The van der Waals surface area contributed by atoms with Gasteiger partial charge in [0.05, 0.1) is 10.6 Å². The molecule has 0 unspecified atom stereocenters. The maximum absolute atomic E-state index is 13.8. The summed E-state index contributed by atoms with van der Waals surface area (Å²) in [5.74, 6) is -1.12. The van der Waals surface area contributed by atoms with Gasteiger partial charge in [-0.2, -0.15) is 13.2 Å². The highest BCUT2D eigenvalue weighted by Gasteiger charge is 2.36. The van der Waals surface area contributed by atoms with Crippen LogP contribution in [0.1, 0.15) is 30.5 Å². The van der Waals surface area contributed by atoms with Crippen LogP contribution in [0.4, 0.5) is 17.6 Å². The highest BCUT2D eigenvalue weighted by atomic mass is 35.5. The zero-order valence-corrected chi connectivity index (χ0v) is 11.6. The van der Waals surface area contributed by atoms with Gasteiger partial charge in [-0.05, 0) is 25.5 Å². The summed E-state index contributed by atoms with van der Waals surface area (Å²) in [6.07, 6.45) is -4.62. The second-order valence-corrected chi connectivity index (χ2v) is 4.50. The molecule has 0 aliphatic rings. The Morgan fingerprint density at radius 1 is 1.42 bits per heavy atom. The molecule has 2 N–H and O–H groups in total. The van der Waals surface area contributed by atoms with E-state index in [-0.39, 0.29) is 23.9 Å². The van der Waals surface area contributed by atoms with E-state index in [9.17, 15) is 17.6 Å². The zero-order chi connectivity index (χ0) is 14.1. The molecule has 0 aliphatic carbocycles. The number of alkyl halides is 3. The summed E-state index contributed by atoms with van der Waals surface area (Å²) in [6.45, 7) is 5.15. The average Bonchev–Trinajstić information content (AvgIpc) is 2.18. The molecule has 0 spiro atoms. The molecule has 0 saturated carbocycles. The van der Waals surface area contributed by atoms with Gasteiger partial charge < -0.3 is 5.73 Å². The monoisotopic (exact) mass is 317 g/mol. The highest BCUT2D eigenvalue weighted by molar-refractivity contribution is 6.30. The molecule has 0 bridgehead atoms. The smallest absolute Gasteiger partial charge is 0.324 e. The second-order valence-electron chi connectivity index (χ2n) is 4.09. The number of nitrogens with two attached hydrogens (primary N) is 1. The predicted molar refractivity (Wildman–Crippen MR) is 70.0 cm³/mol. The summed E-state index contributed by atoms with van der Waals surface area (Å²) >= 11 is 5.50. The van der Waals surface area contributed by atoms with Crippen molar-refractivity contribution in [3.63, 3.8) is 0 Å². The largest absolute Gasteiger partial charge is 0.416 e. The van der Waals surface area contributed by atoms with Crippen LogP contribution in [0.5, 0.6) is 0 Å². The Labute approximate surface area is 119 Å². The van der Waals surface area contributed by atoms with Crippen LogP contribution in [-0.2, 0) is 6.18 Å². The molecular formula is C12H13Cl2F4N. The third-order valence-electron chi connectivity index (χ3n) is 2.38. The van der Waals surface area contributed by atoms with E-state index in [2.05, 4.69) is 6.58 Å². The van der Waals surface area contributed by atoms with Gasteiger partial charge in [0.15, 0.2) is 0 Å². The molecule has 0 aliphatic heterocycles. The van der Waals surface area contributed by atoms with Crippen LogP contribution in [0.15, 0.2) is 24.3 Å². The van der Waals surface area contributed by atoms with E-state index in [0.29, 0.717) is 5.57 Å². The maximum Gasteiger partial charge on any atom is 0.416 e. The first kappa shape index (κ1) is 18.2. The van der Waals surface area contributed by atoms with Crippen LogP contribution in [0.3, 0.4) is 0 Å². The van der Waals surface area contributed by atoms with Crippen LogP contribution in [0.25, 0.3) is 0 Å². The molecule has 7 heteroatoms. The van der Waals surface area contributed by atoms with Crippen LogP contribution in [-0.4, -0.2) is 0 Å². The molecule has 0 radical (unpaired) electrons. The standard InChI is InChI=1S/C12H12ClF4N.ClH/c1-6(2)5-9(18)10-7(12(15,16)17)3-4-8(13)11(10)14;/h3-4,9H,1,5,18H2,2H3;1H/t9-;/m1./s1. The van der Waals surface area contributed by atoms with E-state index in [0.717, 1.165) is 12.1 Å². The van der Waals surface area contributed by atoms with Gasteiger partial charge in [0, 0.05) is 11.6 Å². The van der Waals surface area contributed by atoms with Gasteiger partial charge in [-0.3, -0.25) is 0 Å². The van der Waals surface area contributed by atoms with Gasteiger partial charge >= 0.3 is 6.18 Å². The van der Waals surface area contributed by atoms with Crippen molar-refractivity contribution in [3.8, 4) is 0 Å². The summed E-state index contributed by atoms with van der Waals surface area (Å²) < 4.78 is 52.1. The fourth-order valence-electron chi connectivity index (χ4n) is 1.65. The molecule has 0 saturated heterocycles. The van der Waals surface area contributed by atoms with Gasteiger partial charge in [0.2, 0.25) is 0 Å². The van der Waals surface area contributed by atoms with Crippen molar-refractivity contribution >= 4 is 24.0 Å². The molecule has 19 heavy (non-hydrogen) atoms. The normalized spacial score (nSPS) is 12.8.